The molecular weight excluding hydrogens is 276 g/mol. The van der Waals surface area contributed by atoms with Crippen LogP contribution in [0.1, 0.15) is 38.7 Å². The lowest BCUT2D eigenvalue weighted by atomic mass is 9.66. The summed E-state index contributed by atoms with van der Waals surface area (Å²) in [4.78, 5) is 18.4. The third-order valence-electron chi connectivity index (χ3n) is 5.49. The van der Waals surface area contributed by atoms with E-state index in [4.69, 9.17) is 5.73 Å². The molecule has 3 rings (SSSR count). The summed E-state index contributed by atoms with van der Waals surface area (Å²) < 4.78 is 0. The molecule has 2 heterocycles. The first kappa shape index (κ1) is 15.3. The summed E-state index contributed by atoms with van der Waals surface area (Å²) in [5.74, 6) is 0. The van der Waals surface area contributed by atoms with Gasteiger partial charge in [-0.3, -0.25) is 4.98 Å². The average molecular weight is 302 g/mol. The monoisotopic (exact) mass is 302 g/mol. The van der Waals surface area contributed by atoms with E-state index >= 15 is 0 Å². The fourth-order valence-electron chi connectivity index (χ4n) is 3.62. The number of nitrogens with one attached hydrogen (secondary N) is 1. The Morgan fingerprint density at radius 2 is 2.14 bits per heavy atom. The lowest BCUT2D eigenvalue weighted by Crippen LogP contribution is -2.46. The minimum Gasteiger partial charge on any atom is -0.337 e. The van der Waals surface area contributed by atoms with Gasteiger partial charge in [0, 0.05) is 48.9 Å². The number of nitrogens with two attached hydrogens (primary N) is 1. The molecule has 5 nitrogen and oxygen atoms in total. The Labute approximate surface area is 132 Å². The van der Waals surface area contributed by atoms with Crippen molar-refractivity contribution in [3.63, 3.8) is 0 Å². The maximum atomic E-state index is 12.4. The topological polar surface area (TPSA) is 71.2 Å². The molecule has 5 heteroatoms. The third-order valence-corrected chi connectivity index (χ3v) is 5.49. The van der Waals surface area contributed by atoms with Crippen LogP contribution in [0.15, 0.2) is 24.5 Å². The summed E-state index contributed by atoms with van der Waals surface area (Å²) in [6.45, 7) is 6.36. The number of carbonyl (C=O) groups is 1. The minimum absolute atomic E-state index is 0.0151. The van der Waals surface area contributed by atoms with E-state index in [1.54, 1.807) is 12.4 Å². The van der Waals surface area contributed by atoms with Crippen molar-refractivity contribution in [3.8, 4) is 0 Å². The highest BCUT2D eigenvalue weighted by molar-refractivity contribution is 5.75. The predicted octanol–water partition coefficient (Wildman–Crippen LogP) is 1.88. The first-order valence-electron chi connectivity index (χ1n) is 8.12. The Morgan fingerprint density at radius 3 is 2.68 bits per heavy atom. The van der Waals surface area contributed by atoms with Crippen molar-refractivity contribution in [2.45, 2.75) is 44.6 Å². The lowest BCUT2D eigenvalue weighted by molar-refractivity contribution is 0.125. The van der Waals surface area contributed by atoms with Gasteiger partial charge in [-0.1, -0.05) is 20.3 Å². The number of amides is 2. The molecule has 120 valence electrons. The first-order chi connectivity index (χ1) is 10.4. The van der Waals surface area contributed by atoms with Gasteiger partial charge in [-0.25, -0.2) is 4.79 Å². The molecule has 2 amide bonds. The number of likely N-dealkylation sites (tertiary alicyclic amines) is 1. The van der Waals surface area contributed by atoms with Gasteiger partial charge in [-0.2, -0.15) is 0 Å². The van der Waals surface area contributed by atoms with Crippen LogP contribution in [-0.2, 0) is 5.41 Å². The van der Waals surface area contributed by atoms with Crippen LogP contribution in [0.4, 0.5) is 4.79 Å². The van der Waals surface area contributed by atoms with Crippen LogP contribution in [0.2, 0.25) is 0 Å². The highest BCUT2D eigenvalue weighted by atomic mass is 16.2. The maximum absolute atomic E-state index is 12.4. The molecule has 1 aliphatic carbocycles. The van der Waals surface area contributed by atoms with E-state index in [1.165, 1.54) is 24.8 Å². The van der Waals surface area contributed by atoms with Crippen LogP contribution >= 0.6 is 0 Å². The minimum atomic E-state index is -0.116. The summed E-state index contributed by atoms with van der Waals surface area (Å²) >= 11 is 0. The second-order valence-corrected chi connectivity index (χ2v) is 7.48. The van der Waals surface area contributed by atoms with E-state index in [0.29, 0.717) is 13.1 Å². The van der Waals surface area contributed by atoms with Gasteiger partial charge in [-0.05, 0) is 30.5 Å². The van der Waals surface area contributed by atoms with Crippen molar-refractivity contribution in [1.82, 2.24) is 15.2 Å². The fraction of sp³-hybridized carbons (Fsp3) is 0.647. The summed E-state index contributed by atoms with van der Waals surface area (Å²) in [7, 11) is 0. The number of hydrogen-bond donors (Lipinski definition) is 2. The van der Waals surface area contributed by atoms with Crippen LogP contribution in [0.25, 0.3) is 0 Å². The van der Waals surface area contributed by atoms with Gasteiger partial charge in [-0.15, -0.1) is 0 Å². The van der Waals surface area contributed by atoms with E-state index in [-0.39, 0.29) is 22.9 Å². The summed E-state index contributed by atoms with van der Waals surface area (Å²) in [6.07, 6.45) is 7.16. The van der Waals surface area contributed by atoms with E-state index in [9.17, 15) is 4.79 Å². The van der Waals surface area contributed by atoms with Crippen molar-refractivity contribution in [3.05, 3.63) is 30.1 Å². The predicted molar refractivity (Wildman–Crippen MR) is 86.5 cm³/mol. The lowest BCUT2D eigenvalue weighted by Gasteiger charge is -2.41. The standard InChI is InChI=1S/C17H26N4O/c1-16(2,13-4-8-19-9-5-13)11-20-15(22)21-10-14(18)17(12-21)6-3-7-17/h4-5,8-9,14H,3,6-7,10-12,18H2,1-2H3,(H,20,22). The number of carbonyl (C=O) groups excluding carboxylic acids is 1. The molecule has 1 unspecified atom stereocenters. The van der Waals surface area contributed by atoms with Gasteiger partial charge < -0.3 is 16.0 Å². The highest BCUT2D eigenvalue weighted by Crippen LogP contribution is 2.47. The average Bonchev–Trinajstić information content (AvgIpc) is 2.84. The van der Waals surface area contributed by atoms with Crippen LogP contribution in [0, 0.1) is 5.41 Å². The van der Waals surface area contributed by atoms with Crippen molar-refractivity contribution < 1.29 is 4.79 Å². The SMILES string of the molecule is CC(C)(CNC(=O)N1CC(N)C2(CCC2)C1)c1ccncc1. The molecule has 2 aliphatic rings. The van der Waals surface area contributed by atoms with E-state index in [1.807, 2.05) is 17.0 Å². The Bertz CT molecular complexity index is 539. The Kier molecular flexibility index (Phi) is 3.85. The molecule has 2 fully saturated rings. The smallest absolute Gasteiger partial charge is 0.317 e. The first-order valence-corrected chi connectivity index (χ1v) is 8.12. The third kappa shape index (κ3) is 2.70. The van der Waals surface area contributed by atoms with Gasteiger partial charge in [0.25, 0.3) is 0 Å². The Balaban J connectivity index is 1.57. The largest absolute Gasteiger partial charge is 0.337 e. The zero-order chi connectivity index (χ0) is 15.8. The van der Waals surface area contributed by atoms with Gasteiger partial charge in [0.1, 0.15) is 0 Å². The number of nitrogens with zero attached hydrogens (tertiary/aromatic N) is 2. The molecule has 1 aromatic heterocycles. The zero-order valence-electron chi connectivity index (χ0n) is 13.5. The molecule has 1 saturated heterocycles. The molecule has 1 aromatic rings. The number of pyridine rings is 1. The van der Waals surface area contributed by atoms with Crippen LogP contribution < -0.4 is 11.1 Å². The normalized spacial score (nSPS) is 23.4. The molecule has 22 heavy (non-hydrogen) atoms. The number of rotatable bonds is 3. The number of hydrogen-bond acceptors (Lipinski definition) is 3. The fourth-order valence-corrected chi connectivity index (χ4v) is 3.62. The van der Waals surface area contributed by atoms with Crippen molar-refractivity contribution >= 4 is 6.03 Å². The van der Waals surface area contributed by atoms with E-state index < -0.39 is 0 Å². The van der Waals surface area contributed by atoms with Crippen molar-refractivity contribution in [2.24, 2.45) is 11.1 Å². The molecule has 3 N–H and O–H groups in total. The van der Waals surface area contributed by atoms with Gasteiger partial charge in [0.05, 0.1) is 0 Å². The van der Waals surface area contributed by atoms with E-state index in [0.717, 1.165) is 6.54 Å². The summed E-state index contributed by atoms with van der Waals surface area (Å²) in [5.41, 5.74) is 7.51. The van der Waals surface area contributed by atoms with Crippen LogP contribution in [0.3, 0.4) is 0 Å². The molecular formula is C17H26N4O. The Hall–Kier alpha value is -1.62. The second-order valence-electron chi connectivity index (χ2n) is 7.48. The summed E-state index contributed by atoms with van der Waals surface area (Å²) in [6, 6.07) is 4.16. The Morgan fingerprint density at radius 1 is 1.45 bits per heavy atom. The molecule has 1 spiro atoms. The quantitative estimate of drug-likeness (QED) is 0.895. The molecule has 1 atom stereocenters. The second kappa shape index (κ2) is 5.54. The zero-order valence-corrected chi connectivity index (χ0v) is 13.5. The van der Waals surface area contributed by atoms with Gasteiger partial charge >= 0.3 is 6.03 Å². The van der Waals surface area contributed by atoms with E-state index in [2.05, 4.69) is 24.1 Å². The molecule has 1 aliphatic heterocycles. The van der Waals surface area contributed by atoms with Crippen LogP contribution in [-0.4, -0.2) is 41.6 Å². The number of urea groups is 1. The highest BCUT2D eigenvalue weighted by Gasteiger charge is 2.49. The molecule has 1 saturated carbocycles. The molecule has 0 aromatic carbocycles. The van der Waals surface area contributed by atoms with Crippen LogP contribution in [0.5, 0.6) is 0 Å². The van der Waals surface area contributed by atoms with Crippen molar-refractivity contribution in [1.29, 1.82) is 0 Å². The number of aromatic nitrogens is 1. The molecule has 0 bridgehead atoms. The summed E-state index contributed by atoms with van der Waals surface area (Å²) in [5, 5.41) is 3.08. The molecule has 0 radical (unpaired) electrons. The maximum Gasteiger partial charge on any atom is 0.317 e. The van der Waals surface area contributed by atoms with Crippen molar-refractivity contribution in [2.75, 3.05) is 19.6 Å². The van der Waals surface area contributed by atoms with Gasteiger partial charge in [0.2, 0.25) is 0 Å². The van der Waals surface area contributed by atoms with Gasteiger partial charge in [0.15, 0.2) is 0 Å².